The highest BCUT2D eigenvalue weighted by Crippen LogP contribution is 2.35. The zero-order valence-electron chi connectivity index (χ0n) is 21.3. The number of hydrogen-bond acceptors (Lipinski definition) is 8. The zero-order valence-corrected chi connectivity index (χ0v) is 22.1. The fraction of sp³-hybridized carbons (Fsp3) is 0.179. The molecule has 0 aliphatic heterocycles. The Balaban J connectivity index is 1.81. The number of ketones is 1. The molecule has 2 N–H and O–H groups in total. The highest BCUT2D eigenvalue weighted by molar-refractivity contribution is 7.92. The topological polar surface area (TPSA) is 121 Å². The predicted octanol–water partition coefficient (Wildman–Crippen LogP) is 5.25. The number of rotatable bonds is 8. The number of nitrogens with two attached hydrogens (primary N) is 1. The number of hydrogen-bond donors (Lipinski definition) is 1. The molecule has 4 aromatic rings. The number of carbonyl (C=O) groups is 1. The van der Waals surface area contributed by atoms with Gasteiger partial charge in [-0.25, -0.2) is 22.8 Å². The third-order valence-corrected chi connectivity index (χ3v) is 7.30. The highest BCUT2D eigenvalue weighted by atomic mass is 32.2. The van der Waals surface area contributed by atoms with E-state index in [4.69, 9.17) is 15.2 Å². The molecule has 2 aromatic heterocycles. The first kappa shape index (κ1) is 26.7. The molecule has 0 bridgehead atoms. The fourth-order valence-corrected chi connectivity index (χ4v) is 5.29. The highest BCUT2D eigenvalue weighted by Gasteiger charge is 2.26. The number of Topliss-reactive ketones (excluding diaryl/α,β-unsaturated/α-hetero) is 1. The van der Waals surface area contributed by atoms with Crippen LogP contribution in [0.1, 0.15) is 27.0 Å². The van der Waals surface area contributed by atoms with Crippen molar-refractivity contribution in [2.45, 2.75) is 25.8 Å². The Morgan fingerprint density at radius 2 is 1.68 bits per heavy atom. The zero-order chi connectivity index (χ0) is 27.6. The maximum Gasteiger partial charge on any atom is 0.230 e. The molecule has 2 heterocycles. The predicted molar refractivity (Wildman–Crippen MR) is 142 cm³/mol. The second-order valence-electron chi connectivity index (χ2n) is 8.81. The van der Waals surface area contributed by atoms with Crippen LogP contribution in [0.2, 0.25) is 0 Å². The number of ether oxygens (including phenoxy) is 2. The molecule has 0 aliphatic carbocycles. The first-order valence-corrected chi connectivity index (χ1v) is 13.2. The van der Waals surface area contributed by atoms with E-state index in [9.17, 15) is 17.6 Å². The average molecular weight is 536 g/mol. The lowest BCUT2D eigenvalue weighted by atomic mass is 10.1. The minimum Gasteiger partial charge on any atom is -0.496 e. The lowest BCUT2D eigenvalue weighted by Crippen LogP contribution is -2.19. The normalized spacial score (nSPS) is 11.3. The second kappa shape index (κ2) is 10.6. The molecule has 10 heteroatoms. The van der Waals surface area contributed by atoms with Gasteiger partial charge in [0.1, 0.15) is 28.9 Å². The summed E-state index contributed by atoms with van der Waals surface area (Å²) in [4.78, 5) is 21.7. The van der Waals surface area contributed by atoms with E-state index in [1.807, 2.05) is 32.9 Å². The van der Waals surface area contributed by atoms with Crippen LogP contribution in [0.5, 0.6) is 17.4 Å². The van der Waals surface area contributed by atoms with Crippen LogP contribution in [0.25, 0.3) is 11.3 Å². The maximum absolute atomic E-state index is 13.8. The largest absolute Gasteiger partial charge is 0.496 e. The van der Waals surface area contributed by atoms with E-state index in [0.29, 0.717) is 17.0 Å². The van der Waals surface area contributed by atoms with Gasteiger partial charge >= 0.3 is 0 Å². The number of carbonyl (C=O) groups excluding carboxylic acids is 1. The minimum absolute atomic E-state index is 0.0205. The van der Waals surface area contributed by atoms with Gasteiger partial charge in [-0.15, -0.1) is 0 Å². The van der Waals surface area contributed by atoms with Crippen LogP contribution >= 0.6 is 0 Å². The number of methoxy groups -OCH3 is 1. The van der Waals surface area contributed by atoms with Crippen molar-refractivity contribution >= 4 is 21.4 Å². The van der Waals surface area contributed by atoms with Gasteiger partial charge in [-0.2, -0.15) is 0 Å². The number of aryl methyl sites for hydroxylation is 3. The molecular formula is C28H26FN3O5S. The van der Waals surface area contributed by atoms with Crippen LogP contribution in [0.4, 0.5) is 10.2 Å². The first-order valence-electron chi connectivity index (χ1n) is 11.6. The van der Waals surface area contributed by atoms with Crippen LogP contribution < -0.4 is 15.2 Å². The van der Waals surface area contributed by atoms with Crippen molar-refractivity contribution in [2.75, 3.05) is 18.6 Å². The Hall–Kier alpha value is -4.31. The van der Waals surface area contributed by atoms with Crippen molar-refractivity contribution < 1.29 is 27.1 Å². The summed E-state index contributed by atoms with van der Waals surface area (Å²) < 4.78 is 51.1. The first-order chi connectivity index (χ1) is 18.0. The fourth-order valence-electron chi connectivity index (χ4n) is 4.11. The summed E-state index contributed by atoms with van der Waals surface area (Å²) >= 11 is 0. The van der Waals surface area contributed by atoms with E-state index in [1.165, 1.54) is 55.6 Å². The summed E-state index contributed by atoms with van der Waals surface area (Å²) in [5, 5.41) is -0.306. The summed E-state index contributed by atoms with van der Waals surface area (Å²) in [6.45, 7) is 5.67. The number of pyridine rings is 2. The van der Waals surface area contributed by atoms with Crippen LogP contribution in [0.15, 0.2) is 65.7 Å². The molecule has 196 valence electrons. The molecule has 38 heavy (non-hydrogen) atoms. The molecule has 0 aliphatic rings. The van der Waals surface area contributed by atoms with Crippen molar-refractivity contribution in [2.24, 2.45) is 0 Å². The molecule has 0 fully saturated rings. The molecule has 0 unspecified atom stereocenters. The Kier molecular flexibility index (Phi) is 7.45. The van der Waals surface area contributed by atoms with Crippen molar-refractivity contribution in [1.29, 1.82) is 0 Å². The monoisotopic (exact) mass is 535 g/mol. The lowest BCUT2D eigenvalue weighted by Gasteiger charge is -2.16. The van der Waals surface area contributed by atoms with Crippen LogP contribution in [0.3, 0.4) is 0 Å². The second-order valence-corrected chi connectivity index (χ2v) is 10.7. The van der Waals surface area contributed by atoms with Crippen LogP contribution in [-0.4, -0.2) is 37.0 Å². The molecule has 0 spiro atoms. The summed E-state index contributed by atoms with van der Waals surface area (Å²) in [6, 6.07) is 15.0. The van der Waals surface area contributed by atoms with E-state index in [0.717, 1.165) is 16.7 Å². The summed E-state index contributed by atoms with van der Waals surface area (Å²) in [5.74, 6) is -1.44. The Labute approximate surface area is 220 Å². The minimum atomic E-state index is -4.11. The van der Waals surface area contributed by atoms with Gasteiger partial charge in [0.25, 0.3) is 0 Å². The molecule has 0 atom stereocenters. The number of nitrogen functional groups attached to an aromatic ring is 1. The Morgan fingerprint density at radius 3 is 2.34 bits per heavy atom. The van der Waals surface area contributed by atoms with Crippen LogP contribution in [-0.2, 0) is 9.84 Å². The average Bonchev–Trinajstić information content (AvgIpc) is 2.85. The van der Waals surface area contributed by atoms with Crippen molar-refractivity contribution in [3.8, 4) is 28.6 Å². The van der Waals surface area contributed by atoms with Gasteiger partial charge in [0.2, 0.25) is 15.7 Å². The van der Waals surface area contributed by atoms with E-state index in [1.54, 1.807) is 0 Å². The van der Waals surface area contributed by atoms with E-state index < -0.39 is 27.2 Å². The van der Waals surface area contributed by atoms with E-state index in [2.05, 4.69) is 9.97 Å². The van der Waals surface area contributed by atoms with E-state index in [-0.39, 0.29) is 28.0 Å². The number of aromatic nitrogens is 2. The lowest BCUT2D eigenvalue weighted by molar-refractivity contribution is 0.101. The number of anilines is 1. The number of benzene rings is 2. The van der Waals surface area contributed by atoms with Gasteiger partial charge in [0.15, 0.2) is 10.8 Å². The third kappa shape index (κ3) is 5.65. The van der Waals surface area contributed by atoms with Gasteiger partial charge in [-0.05, 0) is 68.3 Å². The van der Waals surface area contributed by atoms with Gasteiger partial charge < -0.3 is 15.2 Å². The number of halogens is 1. The Morgan fingerprint density at radius 1 is 0.974 bits per heavy atom. The summed E-state index contributed by atoms with van der Waals surface area (Å²) in [7, 11) is -2.70. The number of nitrogens with zero attached hydrogens (tertiary/aromatic N) is 2. The maximum atomic E-state index is 13.8. The quantitative estimate of drug-likeness (QED) is 0.304. The third-order valence-electron chi connectivity index (χ3n) is 5.79. The van der Waals surface area contributed by atoms with Crippen LogP contribution in [0, 0.1) is 26.6 Å². The summed E-state index contributed by atoms with van der Waals surface area (Å²) in [5.41, 5.74) is 9.04. The molecule has 0 saturated carbocycles. The molecule has 0 radical (unpaired) electrons. The molecular weight excluding hydrogens is 509 g/mol. The molecule has 2 aromatic carbocycles. The van der Waals surface area contributed by atoms with Gasteiger partial charge in [0.05, 0.1) is 18.4 Å². The smallest absolute Gasteiger partial charge is 0.230 e. The van der Waals surface area contributed by atoms with Gasteiger partial charge in [-0.1, -0.05) is 23.8 Å². The van der Waals surface area contributed by atoms with Gasteiger partial charge in [0, 0.05) is 11.6 Å². The van der Waals surface area contributed by atoms with E-state index >= 15 is 0 Å². The molecule has 4 rings (SSSR count). The standard InChI is InChI=1S/C28H26FN3O5S/c1-16-12-17(2)27(18(3)13-16)37-28-21(23(33)15-38(34,35)26-7-5-6-25(30)32-26)10-11-22(31-28)20-9-8-19(29)14-24(20)36-4/h5-14H,15H2,1-4H3,(H2,30,32). The summed E-state index contributed by atoms with van der Waals surface area (Å²) in [6.07, 6.45) is 0. The molecule has 0 saturated heterocycles. The Bertz CT molecular complexity index is 1630. The van der Waals surface area contributed by atoms with Gasteiger partial charge in [-0.3, -0.25) is 4.79 Å². The SMILES string of the molecule is COc1cc(F)ccc1-c1ccc(C(=O)CS(=O)(=O)c2cccc(N)n2)c(Oc2c(C)cc(C)cc2C)n1. The van der Waals surface area contributed by atoms with Crippen molar-refractivity contribution in [3.63, 3.8) is 0 Å². The molecule has 8 nitrogen and oxygen atoms in total. The van der Waals surface area contributed by atoms with Crippen molar-refractivity contribution in [3.05, 3.63) is 88.7 Å². The molecule has 0 amide bonds. The number of sulfone groups is 1. The van der Waals surface area contributed by atoms with Crippen molar-refractivity contribution in [1.82, 2.24) is 9.97 Å².